The first-order valence-electron chi connectivity index (χ1n) is 9.23. The van der Waals surface area contributed by atoms with Gasteiger partial charge in [-0.1, -0.05) is 24.3 Å². The number of anilines is 1. The van der Waals surface area contributed by atoms with Crippen molar-refractivity contribution in [1.82, 2.24) is 5.32 Å². The average Bonchev–Trinajstić information content (AvgIpc) is 2.66. The standard InChI is InChI=1S/C20H25N3O6S/c1-14-8-5-6-11-19(14)29-13-15(2)21-20(24)16(3)22(30(4,27)28)17-9-7-10-18(12-17)23(25)26/h5-12,15-16H,13H2,1-4H3,(H,21,24). The number of ether oxygens (including phenoxy) is 1. The summed E-state index contributed by atoms with van der Waals surface area (Å²) in [5, 5.41) is 13.8. The van der Waals surface area contributed by atoms with Crippen LogP contribution in [0.5, 0.6) is 5.75 Å². The van der Waals surface area contributed by atoms with E-state index >= 15 is 0 Å². The Morgan fingerprint density at radius 3 is 2.47 bits per heavy atom. The summed E-state index contributed by atoms with van der Waals surface area (Å²) in [6, 6.07) is 11.1. The van der Waals surface area contributed by atoms with Gasteiger partial charge in [-0.25, -0.2) is 8.42 Å². The number of aryl methyl sites for hydroxylation is 1. The van der Waals surface area contributed by atoms with Crippen LogP contribution >= 0.6 is 0 Å². The lowest BCUT2D eigenvalue weighted by Gasteiger charge is -2.29. The molecule has 2 unspecified atom stereocenters. The van der Waals surface area contributed by atoms with Crippen LogP contribution in [0.3, 0.4) is 0 Å². The number of nitro groups is 1. The normalized spacial score (nSPS) is 13.2. The number of amides is 1. The van der Waals surface area contributed by atoms with Crippen LogP contribution in [0.25, 0.3) is 0 Å². The third-order valence-electron chi connectivity index (χ3n) is 4.35. The van der Waals surface area contributed by atoms with Gasteiger partial charge in [-0.2, -0.15) is 0 Å². The zero-order valence-electron chi connectivity index (χ0n) is 17.2. The molecule has 0 aromatic heterocycles. The second-order valence-electron chi connectivity index (χ2n) is 7.00. The van der Waals surface area contributed by atoms with Gasteiger partial charge in [0, 0.05) is 12.1 Å². The monoisotopic (exact) mass is 435 g/mol. The van der Waals surface area contributed by atoms with Crippen molar-refractivity contribution in [3.8, 4) is 5.75 Å². The predicted molar refractivity (Wildman–Crippen MR) is 114 cm³/mol. The Labute approximate surface area is 175 Å². The number of sulfonamides is 1. The highest BCUT2D eigenvalue weighted by Gasteiger charge is 2.30. The lowest BCUT2D eigenvalue weighted by atomic mass is 10.2. The largest absolute Gasteiger partial charge is 0.491 e. The number of nitro benzene ring substituents is 1. The van der Waals surface area contributed by atoms with Crippen LogP contribution in [0, 0.1) is 17.0 Å². The van der Waals surface area contributed by atoms with Gasteiger partial charge >= 0.3 is 0 Å². The Hall–Kier alpha value is -3.14. The van der Waals surface area contributed by atoms with E-state index in [-0.39, 0.29) is 18.0 Å². The number of rotatable bonds is 9. The van der Waals surface area contributed by atoms with E-state index in [0.29, 0.717) is 5.75 Å². The summed E-state index contributed by atoms with van der Waals surface area (Å²) < 4.78 is 31.3. The lowest BCUT2D eigenvalue weighted by molar-refractivity contribution is -0.384. The van der Waals surface area contributed by atoms with Gasteiger partial charge in [-0.15, -0.1) is 0 Å². The maximum absolute atomic E-state index is 12.7. The quantitative estimate of drug-likeness (QED) is 0.478. The molecular weight excluding hydrogens is 410 g/mol. The minimum atomic E-state index is -3.88. The van der Waals surface area contributed by atoms with Crippen molar-refractivity contribution >= 4 is 27.3 Å². The second kappa shape index (κ2) is 9.57. The lowest BCUT2D eigenvalue weighted by Crippen LogP contribution is -2.50. The van der Waals surface area contributed by atoms with Crippen molar-refractivity contribution in [2.24, 2.45) is 0 Å². The van der Waals surface area contributed by atoms with Crippen molar-refractivity contribution in [2.45, 2.75) is 32.9 Å². The van der Waals surface area contributed by atoms with Gasteiger partial charge < -0.3 is 10.1 Å². The highest BCUT2D eigenvalue weighted by Crippen LogP contribution is 2.25. The Morgan fingerprint density at radius 1 is 1.20 bits per heavy atom. The van der Waals surface area contributed by atoms with Gasteiger partial charge in [0.05, 0.1) is 22.9 Å². The SMILES string of the molecule is Cc1ccccc1OCC(C)NC(=O)C(C)N(c1cccc([N+](=O)[O-])c1)S(C)(=O)=O. The van der Waals surface area contributed by atoms with Gasteiger partial charge in [-0.05, 0) is 38.5 Å². The van der Waals surface area contributed by atoms with E-state index in [2.05, 4.69) is 5.32 Å². The summed E-state index contributed by atoms with van der Waals surface area (Å²) >= 11 is 0. The molecule has 0 bridgehead atoms. The summed E-state index contributed by atoms with van der Waals surface area (Å²) in [5.74, 6) is 0.147. The summed E-state index contributed by atoms with van der Waals surface area (Å²) in [6.07, 6.45) is 0.945. The maximum Gasteiger partial charge on any atom is 0.271 e. The first-order chi connectivity index (χ1) is 14.0. The molecule has 10 heteroatoms. The molecule has 0 spiro atoms. The molecule has 0 radical (unpaired) electrons. The van der Waals surface area contributed by atoms with E-state index in [4.69, 9.17) is 4.74 Å². The van der Waals surface area contributed by atoms with E-state index in [1.54, 1.807) is 6.92 Å². The second-order valence-corrected chi connectivity index (χ2v) is 8.86. The number of benzene rings is 2. The fourth-order valence-electron chi connectivity index (χ4n) is 2.89. The van der Waals surface area contributed by atoms with Crippen LogP contribution in [-0.4, -0.2) is 44.2 Å². The number of nitrogens with one attached hydrogen (secondary N) is 1. The molecule has 2 aromatic rings. The summed E-state index contributed by atoms with van der Waals surface area (Å²) in [7, 11) is -3.88. The summed E-state index contributed by atoms with van der Waals surface area (Å²) in [4.78, 5) is 23.1. The number of hydrogen-bond acceptors (Lipinski definition) is 6. The molecule has 0 aliphatic rings. The first kappa shape index (κ1) is 23.1. The molecule has 0 aliphatic carbocycles. The topological polar surface area (TPSA) is 119 Å². The zero-order chi connectivity index (χ0) is 22.5. The first-order valence-corrected chi connectivity index (χ1v) is 11.1. The van der Waals surface area contributed by atoms with Crippen LogP contribution in [0.4, 0.5) is 11.4 Å². The van der Waals surface area contributed by atoms with Crippen molar-refractivity contribution < 1.29 is 22.9 Å². The molecule has 30 heavy (non-hydrogen) atoms. The van der Waals surface area contributed by atoms with E-state index in [1.165, 1.54) is 25.1 Å². The zero-order valence-corrected chi connectivity index (χ0v) is 18.0. The molecule has 0 saturated heterocycles. The van der Waals surface area contributed by atoms with E-state index in [9.17, 15) is 23.3 Å². The van der Waals surface area contributed by atoms with E-state index < -0.39 is 32.9 Å². The fraction of sp³-hybridized carbons (Fsp3) is 0.350. The molecule has 9 nitrogen and oxygen atoms in total. The average molecular weight is 436 g/mol. The predicted octanol–water partition coefficient (Wildman–Crippen LogP) is 2.64. The van der Waals surface area contributed by atoms with Crippen LogP contribution in [-0.2, 0) is 14.8 Å². The van der Waals surface area contributed by atoms with Gasteiger partial charge in [-0.3, -0.25) is 19.2 Å². The van der Waals surface area contributed by atoms with Crippen LogP contribution in [0.2, 0.25) is 0 Å². The van der Waals surface area contributed by atoms with Crippen LogP contribution in [0.1, 0.15) is 19.4 Å². The summed E-state index contributed by atoms with van der Waals surface area (Å²) in [6.45, 7) is 5.26. The van der Waals surface area contributed by atoms with Gasteiger partial charge in [0.15, 0.2) is 0 Å². The van der Waals surface area contributed by atoms with Gasteiger partial charge in [0.2, 0.25) is 15.9 Å². The van der Waals surface area contributed by atoms with Gasteiger partial charge in [0.1, 0.15) is 18.4 Å². The number of carbonyl (C=O) groups is 1. The highest BCUT2D eigenvalue weighted by molar-refractivity contribution is 7.92. The van der Waals surface area contributed by atoms with E-state index in [1.807, 2.05) is 31.2 Å². The molecule has 162 valence electrons. The van der Waals surface area contributed by atoms with Crippen molar-refractivity contribution in [3.63, 3.8) is 0 Å². The summed E-state index contributed by atoms with van der Waals surface area (Å²) in [5.41, 5.74) is 0.727. The number of hydrogen-bond donors (Lipinski definition) is 1. The molecule has 1 amide bonds. The minimum Gasteiger partial charge on any atom is -0.491 e. The third kappa shape index (κ3) is 5.93. The van der Waals surface area contributed by atoms with Crippen molar-refractivity contribution in [1.29, 1.82) is 0 Å². The van der Waals surface area contributed by atoms with Crippen LogP contribution in [0.15, 0.2) is 48.5 Å². The minimum absolute atomic E-state index is 0.0400. The molecule has 1 N–H and O–H groups in total. The van der Waals surface area contributed by atoms with Crippen molar-refractivity contribution in [3.05, 3.63) is 64.2 Å². The Kier molecular flexibility index (Phi) is 7.38. The Morgan fingerprint density at radius 2 is 1.87 bits per heavy atom. The number of para-hydroxylation sites is 1. The maximum atomic E-state index is 12.7. The van der Waals surface area contributed by atoms with Crippen LogP contribution < -0.4 is 14.4 Å². The van der Waals surface area contributed by atoms with Gasteiger partial charge in [0.25, 0.3) is 5.69 Å². The molecule has 0 saturated carbocycles. The highest BCUT2D eigenvalue weighted by atomic mass is 32.2. The molecule has 0 fully saturated rings. The molecule has 2 rings (SSSR count). The molecular formula is C20H25N3O6S. The number of nitrogens with zero attached hydrogens (tertiary/aromatic N) is 2. The fourth-order valence-corrected chi connectivity index (χ4v) is 4.06. The molecule has 2 aromatic carbocycles. The third-order valence-corrected chi connectivity index (χ3v) is 5.60. The Balaban J connectivity index is 2.13. The van der Waals surface area contributed by atoms with Crippen molar-refractivity contribution in [2.75, 3.05) is 17.2 Å². The molecule has 0 aliphatic heterocycles. The smallest absolute Gasteiger partial charge is 0.271 e. The molecule has 0 heterocycles. The number of non-ortho nitro benzene ring substituents is 1. The molecule has 2 atom stereocenters. The Bertz CT molecular complexity index is 1020. The number of carbonyl (C=O) groups excluding carboxylic acids is 1. The van der Waals surface area contributed by atoms with E-state index in [0.717, 1.165) is 22.2 Å².